The molecular formula is C29H27Cl2N5O3. The number of carbonyl (C=O) groups is 1. The first-order valence-electron chi connectivity index (χ1n) is 12.1. The van der Waals surface area contributed by atoms with Crippen LogP contribution in [0.1, 0.15) is 69.9 Å². The van der Waals surface area contributed by atoms with E-state index in [0.29, 0.717) is 32.7 Å². The molecule has 0 aliphatic rings. The Hall–Kier alpha value is -4.06. The number of pyridine rings is 1. The molecule has 0 aliphatic carbocycles. The number of benzene rings is 2. The zero-order chi connectivity index (χ0) is 28.4. The number of nitriles is 1. The molecule has 0 aliphatic heterocycles. The van der Waals surface area contributed by atoms with Crippen LogP contribution in [0.5, 0.6) is 5.75 Å². The lowest BCUT2D eigenvalue weighted by Gasteiger charge is -2.26. The molecule has 200 valence electrons. The van der Waals surface area contributed by atoms with Crippen LogP contribution < -0.4 is 10.1 Å². The van der Waals surface area contributed by atoms with Gasteiger partial charge < -0.3 is 15.2 Å². The Kier molecular flexibility index (Phi) is 8.14. The number of hydrogen-bond acceptors (Lipinski definition) is 6. The topological polar surface area (TPSA) is 113 Å². The molecule has 0 amide bonds. The normalized spacial score (nSPS) is 11.8. The van der Waals surface area contributed by atoms with Gasteiger partial charge in [0.05, 0.1) is 25.0 Å². The quantitative estimate of drug-likeness (QED) is 0.235. The fraction of sp³-hybridized carbons (Fsp3) is 0.241. The molecule has 2 aromatic carbocycles. The minimum absolute atomic E-state index is 0.136. The van der Waals surface area contributed by atoms with Gasteiger partial charge in [-0.25, -0.2) is 14.5 Å². The minimum atomic E-state index is -1.19. The van der Waals surface area contributed by atoms with E-state index in [9.17, 15) is 15.2 Å². The summed E-state index contributed by atoms with van der Waals surface area (Å²) in [5.41, 5.74) is 4.89. The second kappa shape index (κ2) is 11.4. The molecule has 2 N–H and O–H groups in total. The number of nitrogens with one attached hydrogen (secondary N) is 1. The number of rotatable bonds is 8. The molecule has 0 saturated carbocycles. The van der Waals surface area contributed by atoms with Gasteiger partial charge in [0.2, 0.25) is 0 Å². The summed E-state index contributed by atoms with van der Waals surface area (Å²) in [7, 11) is 1.48. The van der Waals surface area contributed by atoms with Gasteiger partial charge in [-0.05, 0) is 60.7 Å². The number of hydrogen-bond donors (Lipinski definition) is 2. The number of carboxylic acids is 1. The number of aromatic carboxylic acids is 1. The third-order valence-electron chi connectivity index (χ3n) is 6.45. The van der Waals surface area contributed by atoms with Gasteiger partial charge in [-0.1, -0.05) is 49.2 Å². The number of nitrogens with zero attached hydrogens (tertiary/aromatic N) is 4. The van der Waals surface area contributed by atoms with Crippen LogP contribution in [0.25, 0.3) is 5.69 Å². The zero-order valence-corrected chi connectivity index (χ0v) is 23.6. The van der Waals surface area contributed by atoms with E-state index in [1.807, 2.05) is 52.0 Å². The van der Waals surface area contributed by atoms with Crippen molar-refractivity contribution in [3.63, 3.8) is 0 Å². The monoisotopic (exact) mass is 563 g/mol. The third kappa shape index (κ3) is 5.56. The average Bonchev–Trinajstić information content (AvgIpc) is 3.30. The summed E-state index contributed by atoms with van der Waals surface area (Å²) in [6, 6.07) is 13.9. The molecule has 10 heteroatoms. The fourth-order valence-electron chi connectivity index (χ4n) is 4.61. The molecule has 0 saturated heterocycles. The average molecular weight is 564 g/mol. The van der Waals surface area contributed by atoms with Gasteiger partial charge in [-0.2, -0.15) is 10.4 Å². The second-order valence-electron chi connectivity index (χ2n) is 9.41. The lowest BCUT2D eigenvalue weighted by molar-refractivity contribution is 0.0688. The molecular weight excluding hydrogens is 537 g/mol. The summed E-state index contributed by atoms with van der Waals surface area (Å²) in [6.07, 6.45) is 1.42. The minimum Gasteiger partial charge on any atom is -0.493 e. The van der Waals surface area contributed by atoms with Crippen molar-refractivity contribution in [3.05, 3.63) is 98.0 Å². The van der Waals surface area contributed by atoms with E-state index in [2.05, 4.69) is 15.4 Å². The second-order valence-corrected chi connectivity index (χ2v) is 10.3. The first-order chi connectivity index (χ1) is 18.5. The maximum Gasteiger partial charge on any atom is 0.356 e. The summed E-state index contributed by atoms with van der Waals surface area (Å²) in [5, 5.41) is 29.1. The molecule has 4 aromatic rings. The summed E-state index contributed by atoms with van der Waals surface area (Å²) in [6.45, 7) is 7.78. The molecule has 2 aromatic heterocycles. The van der Waals surface area contributed by atoms with E-state index < -0.39 is 12.0 Å². The number of aryl methyl sites for hydroxylation is 2. The van der Waals surface area contributed by atoms with E-state index in [0.717, 1.165) is 22.4 Å². The lowest BCUT2D eigenvalue weighted by atomic mass is 9.89. The number of aromatic nitrogens is 3. The molecule has 4 rings (SSSR count). The Bertz CT molecular complexity index is 1610. The van der Waals surface area contributed by atoms with Gasteiger partial charge in [0.25, 0.3) is 0 Å². The number of anilines is 1. The van der Waals surface area contributed by atoms with Crippen molar-refractivity contribution in [3.8, 4) is 17.5 Å². The van der Waals surface area contributed by atoms with Crippen molar-refractivity contribution < 1.29 is 14.6 Å². The van der Waals surface area contributed by atoms with Crippen LogP contribution in [0.4, 0.5) is 5.69 Å². The highest BCUT2D eigenvalue weighted by Gasteiger charge is 2.33. The molecule has 0 radical (unpaired) electrons. The molecule has 8 nitrogen and oxygen atoms in total. The number of carboxylic acid groups (broad SMARTS) is 1. The summed E-state index contributed by atoms with van der Waals surface area (Å²) in [5.74, 6) is -1.03. The van der Waals surface area contributed by atoms with Crippen LogP contribution in [0.3, 0.4) is 0 Å². The van der Waals surface area contributed by atoms with Crippen molar-refractivity contribution >= 4 is 34.9 Å². The van der Waals surface area contributed by atoms with Crippen molar-refractivity contribution in [2.24, 2.45) is 0 Å². The van der Waals surface area contributed by atoms with Crippen molar-refractivity contribution in [1.82, 2.24) is 14.8 Å². The number of ether oxygens (including phenoxy) is 1. The molecule has 1 atom stereocenters. The van der Waals surface area contributed by atoms with Gasteiger partial charge in [0, 0.05) is 27.4 Å². The third-order valence-corrected chi connectivity index (χ3v) is 6.92. The summed E-state index contributed by atoms with van der Waals surface area (Å²) in [4.78, 5) is 16.8. The van der Waals surface area contributed by atoms with Crippen LogP contribution in [0.15, 0.2) is 48.7 Å². The molecule has 39 heavy (non-hydrogen) atoms. The Morgan fingerprint density at radius 1 is 1.10 bits per heavy atom. The number of methoxy groups -OCH3 is 1. The van der Waals surface area contributed by atoms with Gasteiger partial charge in [-0.3, -0.25) is 0 Å². The first kappa shape index (κ1) is 28.0. The van der Waals surface area contributed by atoms with Crippen LogP contribution in [0, 0.1) is 25.2 Å². The molecule has 0 spiro atoms. The Morgan fingerprint density at radius 2 is 1.79 bits per heavy atom. The van der Waals surface area contributed by atoms with E-state index in [1.54, 1.807) is 18.2 Å². The first-order valence-corrected chi connectivity index (χ1v) is 12.9. The van der Waals surface area contributed by atoms with Crippen LogP contribution >= 0.6 is 23.2 Å². The van der Waals surface area contributed by atoms with E-state index in [-0.39, 0.29) is 17.3 Å². The van der Waals surface area contributed by atoms with Crippen LogP contribution in [-0.2, 0) is 0 Å². The largest absolute Gasteiger partial charge is 0.493 e. The smallest absolute Gasteiger partial charge is 0.356 e. The standard InChI is InChI=1S/C29H27Cl2N5O3/c1-15(2)28-25(27(29(37)38)35-36(28)23-12-20(13-32)33-14-24(23)39-5)26(21-9-8-18(30)10-17(21)4)34-22-11-19(31)7-6-16(22)3/h6-12,14-15,26,34H,1-5H3,(H,37,38). The summed E-state index contributed by atoms with van der Waals surface area (Å²) < 4.78 is 7.06. The Balaban J connectivity index is 2.09. The highest BCUT2D eigenvalue weighted by atomic mass is 35.5. The molecule has 1 unspecified atom stereocenters. The van der Waals surface area contributed by atoms with Gasteiger partial charge >= 0.3 is 5.97 Å². The predicted molar refractivity (Wildman–Crippen MR) is 152 cm³/mol. The van der Waals surface area contributed by atoms with E-state index in [1.165, 1.54) is 24.1 Å². The fourth-order valence-corrected chi connectivity index (χ4v) is 5.01. The lowest BCUT2D eigenvalue weighted by Crippen LogP contribution is -2.19. The van der Waals surface area contributed by atoms with E-state index in [4.69, 9.17) is 27.9 Å². The molecule has 2 heterocycles. The molecule has 0 fully saturated rings. The highest BCUT2D eigenvalue weighted by molar-refractivity contribution is 6.31. The van der Waals surface area contributed by atoms with Crippen molar-refractivity contribution in [2.45, 2.75) is 39.7 Å². The summed E-state index contributed by atoms with van der Waals surface area (Å²) >= 11 is 12.6. The molecule has 0 bridgehead atoms. The highest BCUT2D eigenvalue weighted by Crippen LogP contribution is 2.40. The van der Waals surface area contributed by atoms with Crippen molar-refractivity contribution in [1.29, 1.82) is 5.26 Å². The van der Waals surface area contributed by atoms with Crippen LogP contribution in [0.2, 0.25) is 10.0 Å². The van der Waals surface area contributed by atoms with Gasteiger partial charge in [0.15, 0.2) is 11.4 Å². The van der Waals surface area contributed by atoms with Crippen molar-refractivity contribution in [2.75, 3.05) is 12.4 Å². The number of halogens is 2. The maximum atomic E-state index is 12.7. The Morgan fingerprint density at radius 3 is 2.41 bits per heavy atom. The maximum absolute atomic E-state index is 12.7. The predicted octanol–water partition coefficient (Wildman–Crippen LogP) is 7.09. The van der Waals surface area contributed by atoms with E-state index >= 15 is 0 Å². The Labute approximate surface area is 236 Å². The zero-order valence-electron chi connectivity index (χ0n) is 22.1. The van der Waals surface area contributed by atoms with Crippen LogP contribution in [-0.4, -0.2) is 33.0 Å². The van der Waals surface area contributed by atoms with Gasteiger partial charge in [0.1, 0.15) is 17.5 Å². The van der Waals surface area contributed by atoms with Gasteiger partial charge in [-0.15, -0.1) is 0 Å². The SMILES string of the molecule is COc1cnc(C#N)cc1-n1nc(C(=O)O)c(C(Nc2cc(Cl)ccc2C)c2ccc(Cl)cc2C)c1C(C)C.